The predicted molar refractivity (Wildman–Crippen MR) is 42.1 cm³/mol. The molecule has 2 heteroatoms. The predicted octanol–water partition coefficient (Wildman–Crippen LogP) is 1.02. The number of likely N-dealkylation sites (N-methyl/N-ethyl adjacent to an activating group) is 1. The molecule has 1 fully saturated rings. The minimum absolute atomic E-state index is 0.329. The molecule has 2 nitrogen and oxygen atoms in total. The van der Waals surface area contributed by atoms with Gasteiger partial charge in [-0.3, -0.25) is 0 Å². The van der Waals surface area contributed by atoms with E-state index in [0.717, 1.165) is 19.8 Å². The van der Waals surface area contributed by atoms with Crippen LogP contribution in [0, 0.1) is 5.41 Å². The second-order valence-corrected chi connectivity index (χ2v) is 3.61. The third-order valence-corrected chi connectivity index (χ3v) is 2.15. The Hall–Kier alpha value is -0.0800. The molecule has 1 atom stereocenters. The van der Waals surface area contributed by atoms with E-state index in [-0.39, 0.29) is 0 Å². The summed E-state index contributed by atoms with van der Waals surface area (Å²) in [7, 11) is 0. The van der Waals surface area contributed by atoms with Crippen molar-refractivity contribution in [3.63, 3.8) is 0 Å². The van der Waals surface area contributed by atoms with Crippen LogP contribution in [0.5, 0.6) is 0 Å². The number of nitrogens with one attached hydrogen (secondary N) is 1. The number of rotatable bonds is 2. The molecular formula is C8H17NO. The van der Waals surface area contributed by atoms with E-state index >= 15 is 0 Å². The largest absolute Gasteiger partial charge is 0.379 e. The Kier molecular flexibility index (Phi) is 2.32. The van der Waals surface area contributed by atoms with Crippen LogP contribution < -0.4 is 5.32 Å². The molecule has 0 spiro atoms. The van der Waals surface area contributed by atoms with Crippen molar-refractivity contribution in [2.45, 2.75) is 26.8 Å². The van der Waals surface area contributed by atoms with Gasteiger partial charge in [0, 0.05) is 11.5 Å². The van der Waals surface area contributed by atoms with E-state index in [1.54, 1.807) is 0 Å². The maximum absolute atomic E-state index is 5.36. The molecule has 1 unspecified atom stereocenters. The van der Waals surface area contributed by atoms with E-state index < -0.39 is 0 Å². The lowest BCUT2D eigenvalue weighted by Gasteiger charge is -2.24. The smallest absolute Gasteiger partial charge is 0.0625 e. The van der Waals surface area contributed by atoms with Crippen LogP contribution in [0.2, 0.25) is 0 Å². The van der Waals surface area contributed by atoms with Crippen LogP contribution in [0.4, 0.5) is 0 Å². The zero-order chi connectivity index (χ0) is 7.61. The first-order chi connectivity index (χ1) is 4.67. The summed E-state index contributed by atoms with van der Waals surface area (Å²) in [4.78, 5) is 0. The molecular weight excluding hydrogens is 126 g/mol. The van der Waals surface area contributed by atoms with Crippen molar-refractivity contribution < 1.29 is 4.74 Å². The zero-order valence-corrected chi connectivity index (χ0v) is 7.11. The Morgan fingerprint density at radius 1 is 1.60 bits per heavy atom. The van der Waals surface area contributed by atoms with Crippen molar-refractivity contribution in [3.8, 4) is 0 Å². The van der Waals surface area contributed by atoms with E-state index in [1.807, 2.05) is 0 Å². The summed E-state index contributed by atoms with van der Waals surface area (Å²) in [5.41, 5.74) is 0.329. The maximum Gasteiger partial charge on any atom is 0.0625 e. The van der Waals surface area contributed by atoms with Gasteiger partial charge in [0.05, 0.1) is 13.2 Å². The summed E-state index contributed by atoms with van der Waals surface area (Å²) in [6, 6.07) is 0.553. The average molecular weight is 143 g/mol. The van der Waals surface area contributed by atoms with Gasteiger partial charge in [-0.15, -0.1) is 0 Å². The molecule has 1 rings (SSSR count). The van der Waals surface area contributed by atoms with Crippen LogP contribution in [-0.4, -0.2) is 25.8 Å². The highest BCUT2D eigenvalue weighted by atomic mass is 16.5. The van der Waals surface area contributed by atoms with Crippen LogP contribution in [0.25, 0.3) is 0 Å². The molecule has 0 aromatic rings. The topological polar surface area (TPSA) is 21.3 Å². The Balaban J connectivity index is 2.43. The SMILES string of the molecule is CCNC1COCC1(C)C. The first kappa shape index (κ1) is 8.02. The highest BCUT2D eigenvalue weighted by molar-refractivity contribution is 4.88. The minimum Gasteiger partial charge on any atom is -0.379 e. The van der Waals surface area contributed by atoms with Gasteiger partial charge in [0.1, 0.15) is 0 Å². The third-order valence-electron chi connectivity index (χ3n) is 2.15. The first-order valence-corrected chi connectivity index (χ1v) is 3.98. The highest BCUT2D eigenvalue weighted by Gasteiger charge is 2.34. The lowest BCUT2D eigenvalue weighted by atomic mass is 9.88. The molecule has 0 aliphatic carbocycles. The lowest BCUT2D eigenvalue weighted by molar-refractivity contribution is 0.166. The molecule has 1 saturated heterocycles. The first-order valence-electron chi connectivity index (χ1n) is 3.98. The van der Waals surface area contributed by atoms with Crippen molar-refractivity contribution in [2.75, 3.05) is 19.8 Å². The normalized spacial score (nSPS) is 30.9. The van der Waals surface area contributed by atoms with Gasteiger partial charge in [0.15, 0.2) is 0 Å². The van der Waals surface area contributed by atoms with Crippen molar-refractivity contribution in [3.05, 3.63) is 0 Å². The van der Waals surface area contributed by atoms with Crippen molar-refractivity contribution >= 4 is 0 Å². The van der Waals surface area contributed by atoms with Gasteiger partial charge < -0.3 is 10.1 Å². The Morgan fingerprint density at radius 2 is 2.30 bits per heavy atom. The summed E-state index contributed by atoms with van der Waals surface area (Å²) in [6.07, 6.45) is 0. The average Bonchev–Trinajstić information content (AvgIpc) is 2.13. The van der Waals surface area contributed by atoms with Crippen molar-refractivity contribution in [1.29, 1.82) is 0 Å². The molecule has 1 aliphatic heterocycles. The van der Waals surface area contributed by atoms with Gasteiger partial charge in [0.25, 0.3) is 0 Å². The van der Waals surface area contributed by atoms with Crippen molar-refractivity contribution in [2.24, 2.45) is 5.41 Å². The van der Waals surface area contributed by atoms with E-state index in [9.17, 15) is 0 Å². The van der Waals surface area contributed by atoms with Gasteiger partial charge in [-0.1, -0.05) is 20.8 Å². The van der Waals surface area contributed by atoms with E-state index in [1.165, 1.54) is 0 Å². The highest BCUT2D eigenvalue weighted by Crippen LogP contribution is 2.26. The summed E-state index contributed by atoms with van der Waals surface area (Å²) >= 11 is 0. The van der Waals surface area contributed by atoms with Crippen LogP contribution in [0.1, 0.15) is 20.8 Å². The van der Waals surface area contributed by atoms with Crippen LogP contribution in [0.3, 0.4) is 0 Å². The van der Waals surface area contributed by atoms with Crippen LogP contribution in [-0.2, 0) is 4.74 Å². The fourth-order valence-corrected chi connectivity index (χ4v) is 1.35. The molecule has 1 aliphatic rings. The Morgan fingerprint density at radius 3 is 2.70 bits per heavy atom. The van der Waals surface area contributed by atoms with Gasteiger partial charge in [-0.05, 0) is 6.54 Å². The summed E-state index contributed by atoms with van der Waals surface area (Å²) in [5, 5.41) is 3.41. The molecule has 0 aromatic heterocycles. The van der Waals surface area contributed by atoms with E-state index in [4.69, 9.17) is 4.74 Å². The van der Waals surface area contributed by atoms with Crippen molar-refractivity contribution in [1.82, 2.24) is 5.32 Å². The molecule has 0 bridgehead atoms. The molecule has 0 radical (unpaired) electrons. The lowest BCUT2D eigenvalue weighted by Crippen LogP contribution is -2.40. The number of ether oxygens (including phenoxy) is 1. The van der Waals surface area contributed by atoms with Gasteiger partial charge in [-0.25, -0.2) is 0 Å². The summed E-state index contributed by atoms with van der Waals surface area (Å²) in [6.45, 7) is 9.43. The molecule has 1 N–H and O–H groups in total. The minimum atomic E-state index is 0.329. The third kappa shape index (κ3) is 1.50. The maximum atomic E-state index is 5.36. The van der Waals surface area contributed by atoms with E-state index in [2.05, 4.69) is 26.1 Å². The van der Waals surface area contributed by atoms with Crippen LogP contribution in [0.15, 0.2) is 0 Å². The summed E-state index contributed by atoms with van der Waals surface area (Å²) in [5.74, 6) is 0. The second-order valence-electron chi connectivity index (χ2n) is 3.61. The van der Waals surface area contributed by atoms with Gasteiger partial charge in [-0.2, -0.15) is 0 Å². The summed E-state index contributed by atoms with van der Waals surface area (Å²) < 4.78 is 5.36. The molecule has 0 saturated carbocycles. The quantitative estimate of drug-likeness (QED) is 0.623. The number of hydrogen-bond donors (Lipinski definition) is 1. The zero-order valence-electron chi connectivity index (χ0n) is 7.11. The monoisotopic (exact) mass is 143 g/mol. The van der Waals surface area contributed by atoms with Gasteiger partial charge >= 0.3 is 0 Å². The van der Waals surface area contributed by atoms with Crippen LogP contribution >= 0.6 is 0 Å². The molecule has 1 heterocycles. The molecule has 60 valence electrons. The fraction of sp³-hybridized carbons (Fsp3) is 1.00. The number of hydrogen-bond acceptors (Lipinski definition) is 2. The molecule has 0 amide bonds. The molecule has 0 aromatic carbocycles. The fourth-order valence-electron chi connectivity index (χ4n) is 1.35. The molecule has 10 heavy (non-hydrogen) atoms. The standard InChI is InChI=1S/C8H17NO/c1-4-9-7-5-10-6-8(7,2)3/h7,9H,4-6H2,1-3H3. The Labute approximate surface area is 63.0 Å². The second kappa shape index (κ2) is 2.89. The van der Waals surface area contributed by atoms with Gasteiger partial charge in [0.2, 0.25) is 0 Å². The Bertz CT molecular complexity index is 112. The van der Waals surface area contributed by atoms with E-state index in [0.29, 0.717) is 11.5 Å².